The van der Waals surface area contributed by atoms with E-state index in [1.165, 1.54) is 29.2 Å². The molecule has 1 aliphatic rings. The minimum Gasteiger partial charge on any atom is -0.490 e. The quantitative estimate of drug-likeness (QED) is 0.449. The molecule has 2 aromatic carbocycles. The maximum atomic E-state index is 15.1. The molecule has 0 radical (unpaired) electrons. The number of nitrogens with one attached hydrogen (secondary N) is 1. The van der Waals surface area contributed by atoms with Crippen LogP contribution >= 0.6 is 0 Å². The average molecular weight is 448 g/mol. The van der Waals surface area contributed by atoms with Gasteiger partial charge in [0, 0.05) is 42.0 Å². The van der Waals surface area contributed by atoms with Gasteiger partial charge in [-0.1, -0.05) is 12.1 Å². The summed E-state index contributed by atoms with van der Waals surface area (Å²) < 4.78 is 34.9. The Bertz CT molecular complexity index is 1360. The Balaban J connectivity index is 1.48. The van der Waals surface area contributed by atoms with Crippen molar-refractivity contribution in [3.8, 4) is 16.9 Å². The first-order valence-corrected chi connectivity index (χ1v) is 10.7. The lowest BCUT2D eigenvalue weighted by molar-refractivity contribution is 0.0780. The molecule has 1 fully saturated rings. The molecule has 0 spiro atoms. The fraction of sp³-hybridized carbons (Fsp3) is 0.240. The van der Waals surface area contributed by atoms with E-state index in [9.17, 15) is 9.18 Å². The number of hydrogen-bond donors (Lipinski definition) is 1. The van der Waals surface area contributed by atoms with Gasteiger partial charge in [-0.3, -0.25) is 14.9 Å². The topological polar surface area (TPSA) is 71.1 Å². The summed E-state index contributed by atoms with van der Waals surface area (Å²) in [6.45, 7) is 2.10. The third-order valence-electron chi connectivity index (χ3n) is 5.77. The third kappa shape index (κ3) is 4.16. The number of carbonyl (C=O) groups is 1. The highest BCUT2D eigenvalue weighted by Gasteiger charge is 2.27. The molecule has 0 aliphatic heterocycles. The van der Waals surface area contributed by atoms with Crippen LogP contribution in [0.1, 0.15) is 34.5 Å². The number of halogens is 2. The molecule has 0 bridgehead atoms. The smallest absolute Gasteiger partial charge is 0.257 e. The van der Waals surface area contributed by atoms with Crippen molar-refractivity contribution < 1.29 is 18.3 Å². The van der Waals surface area contributed by atoms with E-state index in [1.54, 1.807) is 31.6 Å². The summed E-state index contributed by atoms with van der Waals surface area (Å²) in [4.78, 5) is 19.0. The predicted molar refractivity (Wildman–Crippen MR) is 120 cm³/mol. The van der Waals surface area contributed by atoms with Gasteiger partial charge in [0.15, 0.2) is 0 Å². The first kappa shape index (κ1) is 21.1. The maximum Gasteiger partial charge on any atom is 0.257 e. The molecule has 2 aromatic heterocycles. The lowest BCUT2D eigenvalue weighted by atomic mass is 10.0. The van der Waals surface area contributed by atoms with Gasteiger partial charge in [0.2, 0.25) is 0 Å². The molecule has 33 heavy (non-hydrogen) atoms. The van der Waals surface area contributed by atoms with Crippen LogP contribution in [0.2, 0.25) is 0 Å². The van der Waals surface area contributed by atoms with Gasteiger partial charge in [0.1, 0.15) is 17.4 Å². The molecule has 168 valence electrons. The standard InChI is InChI=1S/C25H22F2N4O2/c1-14-21-12-29-30-24(21)16(11-28-14)13-31(2)25(32)20-10-23(33-18-6-7-18)19(9-22(20)27)15-4-3-5-17(26)8-15/h3-5,8-12,18H,6-7,13H2,1-2H3,(H,29,30). The first-order valence-electron chi connectivity index (χ1n) is 10.7. The van der Waals surface area contributed by atoms with Crippen molar-refractivity contribution in [2.75, 3.05) is 7.05 Å². The summed E-state index contributed by atoms with van der Waals surface area (Å²) in [5, 5.41) is 7.88. The van der Waals surface area contributed by atoms with Crippen LogP contribution in [-0.4, -0.2) is 39.1 Å². The minimum absolute atomic E-state index is 0.0238. The van der Waals surface area contributed by atoms with Crippen LogP contribution in [0.15, 0.2) is 48.8 Å². The normalized spacial score (nSPS) is 13.3. The van der Waals surface area contributed by atoms with Crippen molar-refractivity contribution in [2.45, 2.75) is 32.4 Å². The highest BCUT2D eigenvalue weighted by atomic mass is 19.1. The van der Waals surface area contributed by atoms with Crippen LogP contribution in [0, 0.1) is 18.6 Å². The fourth-order valence-electron chi connectivity index (χ4n) is 3.83. The van der Waals surface area contributed by atoms with Crippen LogP contribution in [0.4, 0.5) is 8.78 Å². The Morgan fingerprint density at radius 1 is 1.21 bits per heavy atom. The van der Waals surface area contributed by atoms with Crippen molar-refractivity contribution >= 4 is 16.8 Å². The summed E-state index contributed by atoms with van der Waals surface area (Å²) in [6.07, 6.45) is 5.18. The van der Waals surface area contributed by atoms with Crippen molar-refractivity contribution in [1.82, 2.24) is 20.1 Å². The molecule has 1 aliphatic carbocycles. The van der Waals surface area contributed by atoms with Crippen molar-refractivity contribution in [2.24, 2.45) is 0 Å². The number of fused-ring (bicyclic) bond motifs is 1. The number of carbonyl (C=O) groups excluding carboxylic acids is 1. The van der Waals surface area contributed by atoms with Crippen molar-refractivity contribution in [3.63, 3.8) is 0 Å². The van der Waals surface area contributed by atoms with Gasteiger partial charge in [0.25, 0.3) is 5.91 Å². The lowest BCUT2D eigenvalue weighted by Crippen LogP contribution is -2.27. The van der Waals surface area contributed by atoms with Gasteiger partial charge < -0.3 is 9.64 Å². The average Bonchev–Trinajstić information content (AvgIpc) is 3.47. The summed E-state index contributed by atoms with van der Waals surface area (Å²) in [5.41, 5.74) is 3.20. The Labute approximate surface area is 189 Å². The zero-order valence-electron chi connectivity index (χ0n) is 18.2. The van der Waals surface area contributed by atoms with Gasteiger partial charge in [-0.25, -0.2) is 8.78 Å². The predicted octanol–water partition coefficient (Wildman–Crippen LogP) is 5.02. The van der Waals surface area contributed by atoms with E-state index >= 15 is 4.39 Å². The van der Waals surface area contributed by atoms with Gasteiger partial charge in [-0.05, 0) is 49.6 Å². The van der Waals surface area contributed by atoms with Gasteiger partial charge in [-0.15, -0.1) is 0 Å². The second-order valence-corrected chi connectivity index (χ2v) is 8.34. The number of aromatic amines is 1. The zero-order chi connectivity index (χ0) is 23.1. The van der Waals surface area contributed by atoms with Crippen molar-refractivity contribution in [3.05, 3.63) is 77.2 Å². The van der Waals surface area contributed by atoms with E-state index in [2.05, 4.69) is 15.2 Å². The Morgan fingerprint density at radius 2 is 2.03 bits per heavy atom. The SMILES string of the molecule is Cc1ncc(CN(C)C(=O)c2cc(OC3CC3)c(-c3cccc(F)c3)cc2F)c2[nH]ncc12. The summed E-state index contributed by atoms with van der Waals surface area (Å²) in [6, 6.07) is 8.56. The highest BCUT2D eigenvalue weighted by molar-refractivity contribution is 5.96. The highest BCUT2D eigenvalue weighted by Crippen LogP contribution is 2.37. The van der Waals surface area contributed by atoms with E-state index in [4.69, 9.17) is 4.74 Å². The number of ether oxygens (including phenoxy) is 1. The summed E-state index contributed by atoms with van der Waals surface area (Å²) in [5.74, 6) is -1.24. The molecule has 0 unspecified atom stereocenters. The second-order valence-electron chi connectivity index (χ2n) is 8.34. The Morgan fingerprint density at radius 3 is 2.79 bits per heavy atom. The molecule has 1 saturated carbocycles. The van der Waals surface area contributed by atoms with E-state index in [-0.39, 0.29) is 18.2 Å². The number of rotatable bonds is 6. The van der Waals surface area contributed by atoms with Crippen LogP contribution in [0.3, 0.4) is 0 Å². The minimum atomic E-state index is -0.692. The molecule has 4 aromatic rings. The largest absolute Gasteiger partial charge is 0.490 e. The number of aromatic nitrogens is 3. The molecular formula is C25H22F2N4O2. The molecule has 0 atom stereocenters. The third-order valence-corrected chi connectivity index (χ3v) is 5.77. The maximum absolute atomic E-state index is 15.1. The molecule has 0 saturated heterocycles. The van der Waals surface area contributed by atoms with E-state index < -0.39 is 17.5 Å². The monoisotopic (exact) mass is 448 g/mol. The van der Waals surface area contributed by atoms with Crippen LogP contribution < -0.4 is 4.74 Å². The second kappa shape index (κ2) is 8.27. The van der Waals surface area contributed by atoms with Crippen LogP contribution in [0.5, 0.6) is 5.75 Å². The number of aryl methyl sites for hydroxylation is 1. The number of pyridine rings is 1. The molecule has 2 heterocycles. The first-order chi connectivity index (χ1) is 15.9. The molecular weight excluding hydrogens is 426 g/mol. The van der Waals surface area contributed by atoms with E-state index in [1.807, 2.05) is 6.92 Å². The van der Waals surface area contributed by atoms with Crippen molar-refractivity contribution in [1.29, 1.82) is 0 Å². The molecule has 6 nitrogen and oxygen atoms in total. The van der Waals surface area contributed by atoms with Gasteiger partial charge in [0.05, 0.1) is 23.4 Å². The van der Waals surface area contributed by atoms with Crippen LogP contribution in [-0.2, 0) is 6.54 Å². The summed E-state index contributed by atoms with van der Waals surface area (Å²) in [7, 11) is 1.60. The molecule has 5 rings (SSSR count). The lowest BCUT2D eigenvalue weighted by Gasteiger charge is -2.20. The van der Waals surface area contributed by atoms with E-state index in [0.717, 1.165) is 35.0 Å². The van der Waals surface area contributed by atoms with Gasteiger partial charge in [-0.2, -0.15) is 5.10 Å². The van der Waals surface area contributed by atoms with Gasteiger partial charge >= 0.3 is 0 Å². The van der Waals surface area contributed by atoms with Crippen LogP contribution in [0.25, 0.3) is 22.0 Å². The van der Waals surface area contributed by atoms with E-state index in [0.29, 0.717) is 16.9 Å². The number of H-pyrrole nitrogens is 1. The molecule has 1 amide bonds. The number of nitrogens with zero attached hydrogens (tertiary/aromatic N) is 3. The number of amides is 1. The number of benzene rings is 2. The Hall–Kier alpha value is -3.81. The molecule has 8 heteroatoms. The fourth-order valence-corrected chi connectivity index (χ4v) is 3.83. The number of hydrogen-bond acceptors (Lipinski definition) is 4. The molecule has 1 N–H and O–H groups in total. The Kier molecular flexibility index (Phi) is 5.28. The zero-order valence-corrected chi connectivity index (χ0v) is 18.2. The summed E-state index contributed by atoms with van der Waals surface area (Å²) >= 11 is 0.